The molecular weight excluding hydrogens is 368 g/mol. The van der Waals surface area contributed by atoms with Gasteiger partial charge in [-0.2, -0.15) is 0 Å². The second-order valence-corrected chi connectivity index (χ2v) is 7.84. The van der Waals surface area contributed by atoms with E-state index in [1.807, 2.05) is 37.4 Å². The summed E-state index contributed by atoms with van der Waals surface area (Å²) in [5.74, 6) is 1.08. The van der Waals surface area contributed by atoms with Crippen LogP contribution >= 0.6 is 0 Å². The van der Waals surface area contributed by atoms with Crippen LogP contribution in [-0.4, -0.2) is 49.7 Å². The standard InChI is InChI=1S/C22H26N4O3/c1-15-11-17(13-24(2)22(15)29)21-23-18-5-3-4-6-19(18)26(21)12-16-7-9-25(10-8-16)20(28)14-27/h3-6,11,13,16,27H,7-10,12,14H2,1-2H3. The lowest BCUT2D eigenvalue weighted by atomic mass is 9.96. The molecule has 7 heteroatoms. The molecule has 1 saturated heterocycles. The van der Waals surface area contributed by atoms with Gasteiger partial charge in [0.25, 0.3) is 5.56 Å². The number of carbonyl (C=O) groups excluding carboxylic acids is 1. The number of para-hydroxylation sites is 2. The van der Waals surface area contributed by atoms with Crippen molar-refractivity contribution >= 4 is 16.9 Å². The molecule has 1 amide bonds. The van der Waals surface area contributed by atoms with Crippen molar-refractivity contribution in [3.05, 3.63) is 52.4 Å². The number of nitrogens with zero attached hydrogens (tertiary/aromatic N) is 4. The lowest BCUT2D eigenvalue weighted by Crippen LogP contribution is -2.40. The van der Waals surface area contributed by atoms with Gasteiger partial charge in [0, 0.05) is 44.0 Å². The molecule has 2 aromatic heterocycles. The normalized spacial score (nSPS) is 15.2. The number of aliphatic hydroxyl groups excluding tert-OH is 1. The van der Waals surface area contributed by atoms with Crippen LogP contribution in [0.3, 0.4) is 0 Å². The van der Waals surface area contributed by atoms with Gasteiger partial charge in [-0.1, -0.05) is 12.1 Å². The summed E-state index contributed by atoms with van der Waals surface area (Å²) in [5, 5.41) is 9.08. The second kappa shape index (κ2) is 7.83. The van der Waals surface area contributed by atoms with Crippen molar-refractivity contribution in [3.63, 3.8) is 0 Å². The third-order valence-corrected chi connectivity index (χ3v) is 5.82. The Balaban J connectivity index is 1.68. The minimum Gasteiger partial charge on any atom is -0.387 e. The van der Waals surface area contributed by atoms with Crippen LogP contribution in [0.2, 0.25) is 0 Å². The summed E-state index contributed by atoms with van der Waals surface area (Å²) in [5.41, 5.74) is 3.62. The van der Waals surface area contributed by atoms with E-state index in [1.165, 1.54) is 0 Å². The summed E-state index contributed by atoms with van der Waals surface area (Å²) >= 11 is 0. The first kappa shape index (κ1) is 19.4. The Morgan fingerprint density at radius 3 is 2.66 bits per heavy atom. The minimum atomic E-state index is -0.424. The van der Waals surface area contributed by atoms with Crippen LogP contribution < -0.4 is 5.56 Å². The topological polar surface area (TPSA) is 80.4 Å². The van der Waals surface area contributed by atoms with Crippen molar-refractivity contribution in [2.24, 2.45) is 13.0 Å². The summed E-state index contributed by atoms with van der Waals surface area (Å²) in [6.45, 7) is 3.55. The average Bonchev–Trinajstić information content (AvgIpc) is 3.10. The minimum absolute atomic E-state index is 0.00247. The number of pyridine rings is 1. The largest absolute Gasteiger partial charge is 0.387 e. The molecule has 0 bridgehead atoms. The summed E-state index contributed by atoms with van der Waals surface area (Å²) in [6.07, 6.45) is 3.63. The van der Waals surface area contributed by atoms with Crippen molar-refractivity contribution in [2.45, 2.75) is 26.3 Å². The number of likely N-dealkylation sites (tertiary alicyclic amines) is 1. The molecule has 4 rings (SSSR count). The molecule has 0 atom stereocenters. The van der Waals surface area contributed by atoms with Gasteiger partial charge < -0.3 is 19.1 Å². The highest BCUT2D eigenvalue weighted by Gasteiger charge is 2.24. The Hall–Kier alpha value is -2.93. The van der Waals surface area contributed by atoms with Crippen LogP contribution in [0.25, 0.3) is 22.4 Å². The zero-order valence-electron chi connectivity index (χ0n) is 16.8. The number of aryl methyl sites for hydroxylation is 2. The first-order chi connectivity index (χ1) is 14.0. The number of hydrogen-bond donors (Lipinski definition) is 1. The molecule has 152 valence electrons. The Bertz CT molecular complexity index is 1080. The number of rotatable bonds is 4. The van der Waals surface area contributed by atoms with Crippen molar-refractivity contribution in [2.75, 3.05) is 19.7 Å². The van der Waals surface area contributed by atoms with Crippen molar-refractivity contribution in [1.29, 1.82) is 0 Å². The van der Waals surface area contributed by atoms with E-state index in [4.69, 9.17) is 10.1 Å². The zero-order valence-corrected chi connectivity index (χ0v) is 16.8. The van der Waals surface area contributed by atoms with Gasteiger partial charge in [-0.25, -0.2) is 4.98 Å². The fourth-order valence-corrected chi connectivity index (χ4v) is 4.20. The number of benzene rings is 1. The number of amides is 1. The van der Waals surface area contributed by atoms with Gasteiger partial charge in [0.05, 0.1) is 11.0 Å². The van der Waals surface area contributed by atoms with Crippen LogP contribution in [0.15, 0.2) is 41.3 Å². The molecule has 1 aliphatic rings. The molecule has 1 fully saturated rings. The molecular formula is C22H26N4O3. The van der Waals surface area contributed by atoms with E-state index in [0.29, 0.717) is 24.6 Å². The highest BCUT2D eigenvalue weighted by atomic mass is 16.3. The van der Waals surface area contributed by atoms with Crippen molar-refractivity contribution < 1.29 is 9.90 Å². The van der Waals surface area contributed by atoms with Crippen LogP contribution in [0, 0.1) is 12.8 Å². The quantitative estimate of drug-likeness (QED) is 0.733. The number of imidazole rings is 1. The first-order valence-electron chi connectivity index (χ1n) is 9.99. The van der Waals surface area contributed by atoms with E-state index < -0.39 is 6.61 Å². The number of carbonyl (C=O) groups is 1. The van der Waals surface area contributed by atoms with Gasteiger partial charge in [-0.15, -0.1) is 0 Å². The highest BCUT2D eigenvalue weighted by Crippen LogP contribution is 2.28. The van der Waals surface area contributed by atoms with Crippen LogP contribution in [-0.2, 0) is 18.4 Å². The fourth-order valence-electron chi connectivity index (χ4n) is 4.20. The molecule has 3 heterocycles. The van der Waals surface area contributed by atoms with E-state index in [2.05, 4.69) is 10.6 Å². The van der Waals surface area contributed by atoms with E-state index in [-0.39, 0.29) is 11.5 Å². The van der Waals surface area contributed by atoms with Crippen LogP contribution in [0.4, 0.5) is 0 Å². The molecule has 0 unspecified atom stereocenters. The fraction of sp³-hybridized carbons (Fsp3) is 0.409. The van der Waals surface area contributed by atoms with Crippen LogP contribution in [0.5, 0.6) is 0 Å². The molecule has 29 heavy (non-hydrogen) atoms. The zero-order chi connectivity index (χ0) is 20.5. The Kier molecular flexibility index (Phi) is 5.24. The smallest absolute Gasteiger partial charge is 0.253 e. The Morgan fingerprint density at radius 1 is 1.24 bits per heavy atom. The number of aromatic nitrogens is 3. The van der Waals surface area contributed by atoms with Crippen molar-refractivity contribution in [3.8, 4) is 11.4 Å². The molecule has 0 saturated carbocycles. The summed E-state index contributed by atoms with van der Waals surface area (Å²) in [4.78, 5) is 30.5. The van der Waals surface area contributed by atoms with Gasteiger partial charge in [0.2, 0.25) is 5.91 Å². The maximum absolute atomic E-state index is 12.1. The molecule has 1 aliphatic heterocycles. The van der Waals surface area contributed by atoms with Crippen LogP contribution in [0.1, 0.15) is 18.4 Å². The number of fused-ring (bicyclic) bond motifs is 1. The molecule has 7 nitrogen and oxygen atoms in total. The molecule has 0 spiro atoms. The third kappa shape index (κ3) is 3.70. The summed E-state index contributed by atoms with van der Waals surface area (Å²) in [6, 6.07) is 9.98. The summed E-state index contributed by atoms with van der Waals surface area (Å²) in [7, 11) is 1.76. The molecule has 0 aliphatic carbocycles. The third-order valence-electron chi connectivity index (χ3n) is 5.82. The van der Waals surface area contributed by atoms with Gasteiger partial charge in [0.1, 0.15) is 12.4 Å². The van der Waals surface area contributed by atoms with Gasteiger partial charge in [-0.05, 0) is 43.9 Å². The monoisotopic (exact) mass is 394 g/mol. The van der Waals surface area contributed by atoms with Gasteiger partial charge >= 0.3 is 0 Å². The molecule has 1 aromatic carbocycles. The Labute approximate surface area is 169 Å². The lowest BCUT2D eigenvalue weighted by Gasteiger charge is -2.32. The number of piperidine rings is 1. The number of aliphatic hydroxyl groups is 1. The highest BCUT2D eigenvalue weighted by molar-refractivity contribution is 5.80. The van der Waals surface area contributed by atoms with Crippen molar-refractivity contribution in [1.82, 2.24) is 19.0 Å². The van der Waals surface area contributed by atoms with E-state index in [9.17, 15) is 9.59 Å². The van der Waals surface area contributed by atoms with E-state index in [0.717, 1.165) is 41.8 Å². The first-order valence-corrected chi connectivity index (χ1v) is 9.99. The predicted molar refractivity (Wildman–Crippen MR) is 112 cm³/mol. The maximum atomic E-state index is 12.1. The van der Waals surface area contributed by atoms with E-state index in [1.54, 1.807) is 16.5 Å². The lowest BCUT2D eigenvalue weighted by molar-refractivity contribution is -0.135. The number of hydrogen-bond acceptors (Lipinski definition) is 4. The van der Waals surface area contributed by atoms with E-state index >= 15 is 0 Å². The molecule has 3 aromatic rings. The maximum Gasteiger partial charge on any atom is 0.253 e. The second-order valence-electron chi connectivity index (χ2n) is 7.84. The Morgan fingerprint density at radius 2 is 1.97 bits per heavy atom. The molecule has 1 N–H and O–H groups in total. The molecule has 0 radical (unpaired) electrons. The van der Waals surface area contributed by atoms with Gasteiger partial charge in [-0.3, -0.25) is 9.59 Å². The van der Waals surface area contributed by atoms with Gasteiger partial charge in [0.15, 0.2) is 0 Å². The summed E-state index contributed by atoms with van der Waals surface area (Å²) < 4.78 is 3.84. The predicted octanol–water partition coefficient (Wildman–Crippen LogP) is 1.94. The SMILES string of the molecule is Cc1cc(-c2nc3ccccc3n2CC2CCN(C(=O)CO)CC2)cn(C)c1=O. The average molecular weight is 394 g/mol.